The van der Waals surface area contributed by atoms with E-state index in [-0.39, 0.29) is 16.8 Å². The number of nitrogens with one attached hydrogen (secondary N) is 2. The number of ether oxygens (including phenoxy) is 1. The van der Waals surface area contributed by atoms with Crippen molar-refractivity contribution in [2.45, 2.75) is 0 Å². The summed E-state index contributed by atoms with van der Waals surface area (Å²) in [5.74, 6) is -5.67. The molecule has 0 bridgehead atoms. The molecule has 0 aliphatic rings. The Morgan fingerprint density at radius 1 is 1.10 bits per heavy atom. The number of rotatable bonds is 5. The summed E-state index contributed by atoms with van der Waals surface area (Å²) in [5.41, 5.74) is -0.441. The number of halogens is 3. The zero-order chi connectivity index (χ0) is 22.4. The van der Waals surface area contributed by atoms with Gasteiger partial charge in [0.1, 0.15) is 0 Å². The van der Waals surface area contributed by atoms with Crippen LogP contribution < -0.4 is 10.6 Å². The smallest absolute Gasteiger partial charge is 0.335 e. The molecule has 0 spiro atoms. The lowest BCUT2D eigenvalue weighted by Gasteiger charge is -2.11. The Morgan fingerprint density at radius 3 is 2.40 bits per heavy atom. The van der Waals surface area contributed by atoms with Crippen molar-refractivity contribution < 1.29 is 37.8 Å². The van der Waals surface area contributed by atoms with Crippen LogP contribution in [0.1, 0.15) is 26.3 Å². The van der Waals surface area contributed by atoms with Gasteiger partial charge < -0.3 is 15.2 Å². The number of imide groups is 1. The summed E-state index contributed by atoms with van der Waals surface area (Å²) in [5, 5.41) is 12.8. The number of benzene rings is 2. The summed E-state index contributed by atoms with van der Waals surface area (Å²) in [4.78, 5) is 46.7. The van der Waals surface area contributed by atoms with Crippen molar-refractivity contribution in [3.8, 4) is 0 Å². The van der Waals surface area contributed by atoms with E-state index in [2.05, 4.69) is 10.1 Å². The van der Waals surface area contributed by atoms with Gasteiger partial charge in [0.15, 0.2) is 11.6 Å². The molecule has 0 radical (unpaired) electrons. The standard InChI is InChI=1S/C19H13ClF2N2O6/c1-30-16(25)5-3-9-6-10(18(27)28)2-4-15(9)23-19(29)24-17(26)11-7-13(21)14(22)8-12(11)20/h2-8H,1H3,(H,27,28)(H2,23,24,26,29). The predicted octanol–water partition coefficient (Wildman–Crippen LogP) is 3.46. The molecular weight excluding hydrogens is 426 g/mol. The molecule has 0 atom stereocenters. The van der Waals surface area contributed by atoms with E-state index >= 15 is 0 Å². The molecule has 0 heterocycles. The maximum atomic E-state index is 13.3. The Kier molecular flexibility index (Phi) is 7.21. The van der Waals surface area contributed by atoms with Gasteiger partial charge in [0.05, 0.1) is 23.3 Å². The second-order valence-electron chi connectivity index (χ2n) is 5.62. The van der Waals surface area contributed by atoms with Crippen LogP contribution in [0.5, 0.6) is 0 Å². The second kappa shape index (κ2) is 9.61. The first kappa shape index (κ1) is 22.5. The van der Waals surface area contributed by atoms with E-state index in [1.165, 1.54) is 24.3 Å². The molecule has 0 aliphatic carbocycles. The average Bonchev–Trinajstić information content (AvgIpc) is 2.69. The van der Waals surface area contributed by atoms with E-state index in [4.69, 9.17) is 16.7 Å². The highest BCUT2D eigenvalue weighted by Crippen LogP contribution is 2.21. The minimum absolute atomic E-state index is 0.0434. The molecule has 3 N–H and O–H groups in total. The summed E-state index contributed by atoms with van der Waals surface area (Å²) in [6.07, 6.45) is 2.19. The van der Waals surface area contributed by atoms with Gasteiger partial charge in [-0.15, -0.1) is 0 Å². The first-order valence-corrected chi connectivity index (χ1v) is 8.40. The number of anilines is 1. The Bertz CT molecular complexity index is 1070. The molecule has 2 rings (SSSR count). The summed E-state index contributed by atoms with van der Waals surface area (Å²) in [6.45, 7) is 0. The third-order valence-electron chi connectivity index (χ3n) is 3.63. The highest BCUT2D eigenvalue weighted by molar-refractivity contribution is 6.34. The number of methoxy groups -OCH3 is 1. The first-order chi connectivity index (χ1) is 14.1. The minimum Gasteiger partial charge on any atom is -0.478 e. The monoisotopic (exact) mass is 438 g/mol. The quantitative estimate of drug-likeness (QED) is 0.373. The van der Waals surface area contributed by atoms with Gasteiger partial charge >= 0.3 is 18.0 Å². The van der Waals surface area contributed by atoms with Crippen LogP contribution in [0.25, 0.3) is 6.08 Å². The van der Waals surface area contributed by atoms with Crippen LogP contribution >= 0.6 is 11.6 Å². The molecule has 0 fully saturated rings. The number of urea groups is 1. The molecule has 0 saturated heterocycles. The van der Waals surface area contributed by atoms with Crippen LogP contribution in [-0.2, 0) is 9.53 Å². The number of carboxylic acids is 1. The van der Waals surface area contributed by atoms with E-state index in [1.807, 2.05) is 5.32 Å². The van der Waals surface area contributed by atoms with Crippen molar-refractivity contribution in [2.75, 3.05) is 12.4 Å². The number of carbonyl (C=O) groups is 4. The van der Waals surface area contributed by atoms with Crippen molar-refractivity contribution in [2.24, 2.45) is 0 Å². The van der Waals surface area contributed by atoms with Crippen LogP contribution in [0.4, 0.5) is 19.3 Å². The van der Waals surface area contributed by atoms with Gasteiger partial charge in [0.2, 0.25) is 0 Å². The molecule has 2 aromatic carbocycles. The van der Waals surface area contributed by atoms with E-state index in [0.717, 1.165) is 13.2 Å². The lowest BCUT2D eigenvalue weighted by molar-refractivity contribution is -0.134. The van der Waals surface area contributed by atoms with Gasteiger partial charge in [-0.05, 0) is 42.0 Å². The van der Waals surface area contributed by atoms with Crippen molar-refractivity contribution in [3.63, 3.8) is 0 Å². The third-order valence-corrected chi connectivity index (χ3v) is 3.94. The summed E-state index contributed by atoms with van der Waals surface area (Å²) in [6, 6.07) is 3.63. The molecule has 156 valence electrons. The topological polar surface area (TPSA) is 122 Å². The lowest BCUT2D eigenvalue weighted by atomic mass is 10.1. The zero-order valence-corrected chi connectivity index (χ0v) is 15.9. The number of carbonyl (C=O) groups excluding carboxylic acids is 3. The number of esters is 1. The normalized spacial score (nSPS) is 10.5. The first-order valence-electron chi connectivity index (χ1n) is 8.02. The Balaban J connectivity index is 2.24. The van der Waals surface area contributed by atoms with Gasteiger partial charge in [-0.2, -0.15) is 0 Å². The highest BCUT2D eigenvalue weighted by atomic mass is 35.5. The largest absolute Gasteiger partial charge is 0.478 e. The van der Waals surface area contributed by atoms with Gasteiger partial charge in [-0.25, -0.2) is 23.2 Å². The van der Waals surface area contributed by atoms with Gasteiger partial charge in [0.25, 0.3) is 5.91 Å². The molecular formula is C19H13ClF2N2O6. The molecule has 3 amide bonds. The van der Waals surface area contributed by atoms with Crippen LogP contribution in [0.3, 0.4) is 0 Å². The van der Waals surface area contributed by atoms with Crippen molar-refractivity contribution in [3.05, 3.63) is 69.8 Å². The number of carboxylic acid groups (broad SMARTS) is 1. The van der Waals surface area contributed by atoms with Crippen molar-refractivity contribution in [1.82, 2.24) is 5.32 Å². The fourth-order valence-electron chi connectivity index (χ4n) is 2.19. The summed E-state index contributed by atoms with van der Waals surface area (Å²) >= 11 is 5.69. The zero-order valence-electron chi connectivity index (χ0n) is 15.2. The Morgan fingerprint density at radius 2 is 1.77 bits per heavy atom. The molecule has 11 heteroatoms. The number of hydrogen-bond acceptors (Lipinski definition) is 5. The average molecular weight is 439 g/mol. The van der Waals surface area contributed by atoms with E-state index in [9.17, 15) is 28.0 Å². The third kappa shape index (κ3) is 5.61. The number of amides is 3. The lowest BCUT2D eigenvalue weighted by Crippen LogP contribution is -2.34. The van der Waals surface area contributed by atoms with E-state index in [1.54, 1.807) is 0 Å². The maximum Gasteiger partial charge on any atom is 0.335 e. The maximum absolute atomic E-state index is 13.3. The van der Waals surface area contributed by atoms with E-state index < -0.39 is 46.1 Å². The Hall–Kier alpha value is -3.79. The summed E-state index contributed by atoms with van der Waals surface area (Å²) in [7, 11) is 1.14. The number of aromatic carboxylic acids is 1. The molecule has 0 aromatic heterocycles. The van der Waals surface area contributed by atoms with Crippen molar-refractivity contribution in [1.29, 1.82) is 0 Å². The molecule has 30 heavy (non-hydrogen) atoms. The fraction of sp³-hybridized carbons (Fsp3) is 0.0526. The van der Waals surface area contributed by atoms with Crippen LogP contribution in [0.15, 0.2) is 36.4 Å². The molecule has 0 unspecified atom stereocenters. The van der Waals surface area contributed by atoms with Crippen LogP contribution in [0, 0.1) is 11.6 Å². The molecule has 2 aromatic rings. The predicted molar refractivity (Wildman–Crippen MR) is 102 cm³/mol. The second-order valence-corrected chi connectivity index (χ2v) is 6.03. The molecule has 0 aliphatic heterocycles. The highest BCUT2D eigenvalue weighted by Gasteiger charge is 2.18. The van der Waals surface area contributed by atoms with Crippen LogP contribution in [0.2, 0.25) is 5.02 Å². The SMILES string of the molecule is COC(=O)C=Cc1cc(C(=O)O)ccc1NC(=O)NC(=O)c1cc(F)c(F)cc1Cl. The summed E-state index contributed by atoms with van der Waals surface area (Å²) < 4.78 is 30.9. The fourth-order valence-corrected chi connectivity index (χ4v) is 2.43. The van der Waals surface area contributed by atoms with Gasteiger partial charge in [-0.1, -0.05) is 11.6 Å². The molecule has 8 nitrogen and oxygen atoms in total. The number of hydrogen-bond donors (Lipinski definition) is 3. The Labute approximate surface area is 173 Å². The molecule has 0 saturated carbocycles. The van der Waals surface area contributed by atoms with Gasteiger partial charge in [0, 0.05) is 11.8 Å². The van der Waals surface area contributed by atoms with E-state index in [0.29, 0.717) is 12.1 Å². The minimum atomic E-state index is -1.33. The van der Waals surface area contributed by atoms with Gasteiger partial charge in [-0.3, -0.25) is 10.1 Å². The van der Waals surface area contributed by atoms with Crippen molar-refractivity contribution >= 4 is 47.2 Å². The van der Waals surface area contributed by atoms with Crippen LogP contribution in [-0.4, -0.2) is 36.1 Å².